The van der Waals surface area contributed by atoms with Crippen molar-refractivity contribution in [2.45, 2.75) is 13.0 Å². The number of anilines is 1. The molecule has 0 fully saturated rings. The minimum atomic E-state index is -0.365. The van der Waals surface area contributed by atoms with Gasteiger partial charge in [-0.25, -0.2) is 4.39 Å². The van der Waals surface area contributed by atoms with Crippen LogP contribution in [-0.4, -0.2) is 17.0 Å². The summed E-state index contributed by atoms with van der Waals surface area (Å²) >= 11 is 0. The molecule has 0 saturated heterocycles. The van der Waals surface area contributed by atoms with Gasteiger partial charge in [-0.3, -0.25) is 9.59 Å². The van der Waals surface area contributed by atoms with Crippen molar-refractivity contribution in [1.82, 2.24) is 4.57 Å². The Morgan fingerprint density at radius 3 is 2.68 bits per heavy atom. The molecule has 3 aromatic rings. The molecule has 1 amide bonds. The molecule has 0 aliphatic carbocycles. The molecule has 0 saturated carbocycles. The van der Waals surface area contributed by atoms with E-state index in [0.29, 0.717) is 12.2 Å². The van der Waals surface area contributed by atoms with Crippen molar-refractivity contribution in [3.8, 4) is 5.75 Å². The molecule has 0 atom stereocenters. The maximum atomic E-state index is 13.0. The molecule has 2 heterocycles. The number of nitrogens with zero attached hydrogens (tertiary/aromatic N) is 2. The zero-order chi connectivity index (χ0) is 19.7. The molecule has 28 heavy (non-hydrogen) atoms. The number of aryl methyl sites for hydroxylation is 1. The average Bonchev–Trinajstić information content (AvgIpc) is 3.13. The number of para-hydroxylation sites is 1. The van der Waals surface area contributed by atoms with E-state index in [0.717, 1.165) is 23.2 Å². The lowest BCUT2D eigenvalue weighted by Crippen LogP contribution is -2.32. The number of aromatic nitrogens is 1. The number of halogens is 1. The highest BCUT2D eigenvalue weighted by molar-refractivity contribution is 6.06. The van der Waals surface area contributed by atoms with Gasteiger partial charge in [0.05, 0.1) is 6.20 Å². The highest BCUT2D eigenvalue weighted by atomic mass is 19.1. The van der Waals surface area contributed by atoms with Gasteiger partial charge in [-0.1, -0.05) is 30.3 Å². The fourth-order valence-corrected chi connectivity index (χ4v) is 3.36. The minimum absolute atomic E-state index is 0.141. The highest BCUT2D eigenvalue weighted by Gasteiger charge is 2.26. The van der Waals surface area contributed by atoms with Gasteiger partial charge in [0.1, 0.15) is 18.1 Å². The molecule has 6 heteroatoms. The van der Waals surface area contributed by atoms with Crippen molar-refractivity contribution in [1.29, 1.82) is 0 Å². The first-order chi connectivity index (χ1) is 13.5. The van der Waals surface area contributed by atoms with Gasteiger partial charge >= 0.3 is 0 Å². The number of benzene rings is 2. The van der Waals surface area contributed by atoms with Crippen molar-refractivity contribution in [3.05, 3.63) is 93.7 Å². The van der Waals surface area contributed by atoms with Crippen molar-refractivity contribution < 1.29 is 13.9 Å². The lowest BCUT2D eigenvalue weighted by Gasteiger charge is -2.19. The van der Waals surface area contributed by atoms with E-state index in [1.54, 1.807) is 28.6 Å². The van der Waals surface area contributed by atoms with Crippen LogP contribution in [0.3, 0.4) is 0 Å². The van der Waals surface area contributed by atoms with Crippen LogP contribution in [0.4, 0.5) is 10.1 Å². The fourth-order valence-electron chi connectivity index (χ4n) is 3.36. The molecule has 0 radical (unpaired) electrons. The van der Waals surface area contributed by atoms with E-state index in [1.807, 2.05) is 24.3 Å². The van der Waals surface area contributed by atoms with E-state index in [1.165, 1.54) is 24.4 Å². The van der Waals surface area contributed by atoms with E-state index in [2.05, 4.69) is 0 Å². The Morgan fingerprint density at radius 1 is 1.14 bits per heavy atom. The van der Waals surface area contributed by atoms with Crippen molar-refractivity contribution in [2.75, 3.05) is 11.4 Å². The Hall–Kier alpha value is -3.41. The van der Waals surface area contributed by atoms with Gasteiger partial charge in [-0.2, -0.15) is 0 Å². The number of hydrogen-bond donors (Lipinski definition) is 0. The predicted molar refractivity (Wildman–Crippen MR) is 104 cm³/mol. The van der Waals surface area contributed by atoms with E-state index < -0.39 is 0 Å². The summed E-state index contributed by atoms with van der Waals surface area (Å²) in [4.78, 5) is 27.2. The number of carbonyl (C=O) groups excluding carboxylic acids is 1. The number of fused-ring (bicyclic) bond motifs is 1. The van der Waals surface area contributed by atoms with Crippen LogP contribution in [0.5, 0.6) is 5.75 Å². The number of rotatable bonds is 4. The summed E-state index contributed by atoms with van der Waals surface area (Å²) in [5, 5.41) is 0. The summed E-state index contributed by atoms with van der Waals surface area (Å²) in [6.07, 6.45) is 2.32. The Kier molecular flexibility index (Phi) is 4.69. The maximum absolute atomic E-state index is 13.0. The van der Waals surface area contributed by atoms with E-state index in [-0.39, 0.29) is 29.5 Å². The van der Waals surface area contributed by atoms with Gasteiger partial charge in [-0.15, -0.1) is 0 Å². The molecule has 142 valence electrons. The fraction of sp³-hybridized carbons (Fsp3) is 0.182. The van der Waals surface area contributed by atoms with E-state index in [4.69, 9.17) is 4.74 Å². The smallest absolute Gasteiger partial charge is 0.275 e. The molecule has 0 bridgehead atoms. The molecule has 0 spiro atoms. The van der Waals surface area contributed by atoms with Crippen LogP contribution in [0.1, 0.15) is 21.6 Å². The molecule has 1 aliphatic rings. The van der Waals surface area contributed by atoms with Crippen LogP contribution < -0.4 is 15.1 Å². The lowest BCUT2D eigenvalue weighted by atomic mass is 10.2. The molecule has 4 rings (SSSR count). The highest BCUT2D eigenvalue weighted by Crippen LogP contribution is 2.28. The zero-order valence-electron chi connectivity index (χ0n) is 15.4. The molecular weight excluding hydrogens is 359 g/mol. The summed E-state index contributed by atoms with van der Waals surface area (Å²) in [6, 6.07) is 15.0. The number of ether oxygens (including phenoxy) is 1. The zero-order valence-corrected chi connectivity index (χ0v) is 15.4. The first-order valence-electron chi connectivity index (χ1n) is 9.00. The van der Waals surface area contributed by atoms with Gasteiger partial charge in [0.25, 0.3) is 5.91 Å². The predicted octanol–water partition coefficient (Wildman–Crippen LogP) is 3.31. The van der Waals surface area contributed by atoms with Crippen molar-refractivity contribution in [2.24, 2.45) is 7.05 Å². The molecule has 1 aliphatic heterocycles. The summed E-state index contributed by atoms with van der Waals surface area (Å²) in [5.74, 6) is -0.397. The standard InChI is InChI=1S/C22H19FN2O3/c1-24-13-21(28-14-15-6-8-17(23)9-7-15)20(26)12-19(24)22(27)25-11-10-16-4-2-3-5-18(16)25/h2-9,12-13H,10-11,14H2,1H3. The normalized spacial score (nSPS) is 12.7. The minimum Gasteiger partial charge on any atom is -0.483 e. The van der Waals surface area contributed by atoms with Gasteiger partial charge in [0.2, 0.25) is 5.43 Å². The summed E-state index contributed by atoms with van der Waals surface area (Å²) in [6.45, 7) is 0.734. The second-order valence-corrected chi connectivity index (χ2v) is 6.75. The monoisotopic (exact) mass is 378 g/mol. The Bertz CT molecular complexity index is 1090. The third kappa shape index (κ3) is 3.41. The van der Waals surface area contributed by atoms with Gasteiger partial charge in [-0.05, 0) is 35.7 Å². The largest absolute Gasteiger partial charge is 0.483 e. The van der Waals surface area contributed by atoms with Gasteiger partial charge < -0.3 is 14.2 Å². The number of pyridine rings is 1. The van der Waals surface area contributed by atoms with Crippen LogP contribution in [0.2, 0.25) is 0 Å². The van der Waals surface area contributed by atoms with Crippen LogP contribution in [-0.2, 0) is 20.1 Å². The lowest BCUT2D eigenvalue weighted by molar-refractivity contribution is 0.0980. The molecule has 2 aromatic carbocycles. The SMILES string of the molecule is Cn1cc(OCc2ccc(F)cc2)c(=O)cc1C(=O)N1CCc2ccccc21. The number of carbonyl (C=O) groups is 1. The third-order valence-electron chi connectivity index (χ3n) is 4.86. The molecule has 0 unspecified atom stereocenters. The topological polar surface area (TPSA) is 51.5 Å². The first-order valence-corrected chi connectivity index (χ1v) is 9.00. The molecular formula is C22H19FN2O3. The summed E-state index contributed by atoms with van der Waals surface area (Å²) < 4.78 is 20.2. The summed E-state index contributed by atoms with van der Waals surface area (Å²) in [5.41, 5.74) is 2.70. The Labute approximate surface area is 161 Å². The average molecular weight is 378 g/mol. The first kappa shape index (κ1) is 18.0. The Morgan fingerprint density at radius 2 is 1.89 bits per heavy atom. The number of amides is 1. The van der Waals surface area contributed by atoms with Crippen LogP contribution >= 0.6 is 0 Å². The maximum Gasteiger partial charge on any atom is 0.275 e. The number of hydrogen-bond acceptors (Lipinski definition) is 3. The summed E-state index contributed by atoms with van der Waals surface area (Å²) in [7, 11) is 1.71. The second kappa shape index (κ2) is 7.31. The molecule has 1 aromatic heterocycles. The molecule has 0 N–H and O–H groups in total. The van der Waals surface area contributed by atoms with Crippen LogP contribution in [0, 0.1) is 5.82 Å². The van der Waals surface area contributed by atoms with E-state index in [9.17, 15) is 14.0 Å². The van der Waals surface area contributed by atoms with Crippen molar-refractivity contribution >= 4 is 11.6 Å². The molecule has 5 nitrogen and oxygen atoms in total. The van der Waals surface area contributed by atoms with Gasteiger partial charge in [0, 0.05) is 25.3 Å². The van der Waals surface area contributed by atoms with Gasteiger partial charge in [0.15, 0.2) is 5.75 Å². The van der Waals surface area contributed by atoms with Crippen molar-refractivity contribution in [3.63, 3.8) is 0 Å². The van der Waals surface area contributed by atoms with E-state index >= 15 is 0 Å². The third-order valence-corrected chi connectivity index (χ3v) is 4.86. The second-order valence-electron chi connectivity index (χ2n) is 6.75. The quantitative estimate of drug-likeness (QED) is 0.700. The Balaban J connectivity index is 1.55. The van der Waals surface area contributed by atoms with Crippen LogP contribution in [0.25, 0.3) is 0 Å². The van der Waals surface area contributed by atoms with Crippen LogP contribution in [0.15, 0.2) is 65.6 Å².